The number of ether oxygens (including phenoxy) is 1. The van der Waals surface area contributed by atoms with Gasteiger partial charge >= 0.3 is 0 Å². The van der Waals surface area contributed by atoms with Gasteiger partial charge in [0.1, 0.15) is 5.75 Å². The van der Waals surface area contributed by atoms with E-state index in [-0.39, 0.29) is 5.91 Å². The molecule has 5 rings (SSSR count). The van der Waals surface area contributed by atoms with Crippen LogP contribution in [0.4, 0.5) is 0 Å². The summed E-state index contributed by atoms with van der Waals surface area (Å²) in [5.41, 5.74) is 0.717. The number of carbonyl (C=O) groups is 1. The molecule has 2 aromatic rings. The number of nitrogens with one attached hydrogen (secondary N) is 1. The SMILES string of the molecule is COc1cncc(Sc2ccc(C(=O)NC3CN4CCC3CC4)cc2)c1. The normalized spacial score (nSPS) is 24.3. The van der Waals surface area contributed by atoms with Gasteiger partial charge in [0.25, 0.3) is 5.91 Å². The quantitative estimate of drug-likeness (QED) is 0.878. The van der Waals surface area contributed by atoms with E-state index in [0.29, 0.717) is 12.0 Å². The van der Waals surface area contributed by atoms with Crippen molar-refractivity contribution in [3.8, 4) is 5.75 Å². The van der Waals surface area contributed by atoms with Gasteiger partial charge < -0.3 is 15.0 Å². The third-order valence-electron chi connectivity index (χ3n) is 5.25. The van der Waals surface area contributed by atoms with E-state index in [4.69, 9.17) is 4.74 Å². The van der Waals surface area contributed by atoms with Crippen molar-refractivity contribution in [2.75, 3.05) is 26.7 Å². The van der Waals surface area contributed by atoms with Gasteiger partial charge in [0.2, 0.25) is 0 Å². The van der Waals surface area contributed by atoms with Crippen LogP contribution in [0, 0.1) is 5.92 Å². The molecule has 1 amide bonds. The number of aromatic nitrogens is 1. The first kappa shape index (κ1) is 17.4. The van der Waals surface area contributed by atoms with E-state index in [1.807, 2.05) is 30.3 Å². The van der Waals surface area contributed by atoms with Gasteiger partial charge in [-0.05, 0) is 62.2 Å². The van der Waals surface area contributed by atoms with Gasteiger partial charge in [-0.3, -0.25) is 9.78 Å². The number of nitrogens with zero attached hydrogens (tertiary/aromatic N) is 2. The molecule has 136 valence electrons. The number of hydrogen-bond acceptors (Lipinski definition) is 5. The molecule has 4 heterocycles. The standard InChI is InChI=1S/C20H23N3O2S/c1-25-16-10-18(12-21-11-16)26-17-4-2-15(3-5-17)20(24)22-19-13-23-8-6-14(19)7-9-23/h2-5,10-12,14,19H,6-9,13H2,1H3,(H,22,24). The van der Waals surface area contributed by atoms with Crippen LogP contribution in [0.2, 0.25) is 0 Å². The third-order valence-corrected chi connectivity index (χ3v) is 6.22. The summed E-state index contributed by atoms with van der Waals surface area (Å²) in [6.45, 7) is 3.36. The monoisotopic (exact) mass is 369 g/mol. The van der Waals surface area contributed by atoms with Gasteiger partial charge in [-0.2, -0.15) is 0 Å². The van der Waals surface area contributed by atoms with Crippen LogP contribution < -0.4 is 10.1 Å². The van der Waals surface area contributed by atoms with Crippen molar-refractivity contribution < 1.29 is 9.53 Å². The fourth-order valence-corrected chi connectivity index (χ4v) is 4.59. The second-order valence-corrected chi connectivity index (χ2v) is 8.05. The largest absolute Gasteiger partial charge is 0.495 e. The van der Waals surface area contributed by atoms with Crippen molar-refractivity contribution in [1.29, 1.82) is 0 Å². The number of pyridine rings is 1. The zero-order valence-electron chi connectivity index (χ0n) is 14.9. The molecule has 3 fully saturated rings. The Morgan fingerprint density at radius 1 is 1.19 bits per heavy atom. The number of methoxy groups -OCH3 is 1. The Hall–Kier alpha value is -2.05. The second-order valence-electron chi connectivity index (χ2n) is 6.90. The molecule has 0 saturated carbocycles. The number of carbonyl (C=O) groups excluding carboxylic acids is 1. The number of benzene rings is 1. The van der Waals surface area contributed by atoms with Crippen LogP contribution in [0.1, 0.15) is 23.2 Å². The Bertz CT molecular complexity index is 773. The Labute approximate surface area is 158 Å². The highest BCUT2D eigenvalue weighted by molar-refractivity contribution is 7.99. The third kappa shape index (κ3) is 3.86. The first-order valence-electron chi connectivity index (χ1n) is 9.01. The minimum absolute atomic E-state index is 0.0309. The van der Waals surface area contributed by atoms with Gasteiger partial charge in [-0.15, -0.1) is 0 Å². The van der Waals surface area contributed by atoms with Crippen LogP contribution >= 0.6 is 11.8 Å². The Kier molecular flexibility index (Phi) is 5.13. The average molecular weight is 369 g/mol. The molecule has 3 aliphatic rings. The van der Waals surface area contributed by atoms with Crippen molar-refractivity contribution in [2.24, 2.45) is 5.92 Å². The summed E-state index contributed by atoms with van der Waals surface area (Å²) in [4.78, 5) is 21.3. The predicted octanol–water partition coefficient (Wildman–Crippen LogP) is 3.07. The lowest BCUT2D eigenvalue weighted by Crippen LogP contribution is -2.57. The van der Waals surface area contributed by atoms with E-state index in [9.17, 15) is 4.79 Å². The van der Waals surface area contributed by atoms with Crippen LogP contribution in [0.5, 0.6) is 5.75 Å². The first-order chi connectivity index (χ1) is 12.7. The molecule has 0 spiro atoms. The van der Waals surface area contributed by atoms with E-state index < -0.39 is 0 Å². The van der Waals surface area contributed by atoms with Crippen LogP contribution in [-0.4, -0.2) is 48.6 Å². The summed E-state index contributed by atoms with van der Waals surface area (Å²) in [5.74, 6) is 1.41. The Morgan fingerprint density at radius 2 is 1.96 bits per heavy atom. The number of amides is 1. The molecular formula is C20H23N3O2S. The van der Waals surface area contributed by atoms with Crippen molar-refractivity contribution >= 4 is 17.7 Å². The van der Waals surface area contributed by atoms with E-state index in [0.717, 1.165) is 27.6 Å². The van der Waals surface area contributed by atoms with E-state index in [2.05, 4.69) is 15.2 Å². The topological polar surface area (TPSA) is 54.5 Å². The average Bonchev–Trinajstić information content (AvgIpc) is 2.69. The van der Waals surface area contributed by atoms with Crippen LogP contribution in [0.15, 0.2) is 52.5 Å². The minimum atomic E-state index is 0.0309. The number of fused-ring (bicyclic) bond motifs is 3. The maximum absolute atomic E-state index is 12.6. The Morgan fingerprint density at radius 3 is 2.62 bits per heavy atom. The summed E-state index contributed by atoms with van der Waals surface area (Å²) in [7, 11) is 1.63. The van der Waals surface area contributed by atoms with Gasteiger partial charge in [0, 0.05) is 34.1 Å². The predicted molar refractivity (Wildman–Crippen MR) is 102 cm³/mol. The van der Waals surface area contributed by atoms with Gasteiger partial charge in [-0.1, -0.05) is 11.8 Å². The fraction of sp³-hybridized carbons (Fsp3) is 0.400. The maximum Gasteiger partial charge on any atom is 0.251 e. The molecule has 1 atom stereocenters. The smallest absolute Gasteiger partial charge is 0.251 e. The van der Waals surface area contributed by atoms with Gasteiger partial charge in [-0.25, -0.2) is 0 Å². The highest BCUT2D eigenvalue weighted by Gasteiger charge is 2.34. The molecule has 3 aliphatic heterocycles. The summed E-state index contributed by atoms with van der Waals surface area (Å²) < 4.78 is 5.20. The molecule has 1 aromatic carbocycles. The lowest BCUT2D eigenvalue weighted by Gasteiger charge is -2.44. The van der Waals surface area contributed by atoms with Crippen molar-refractivity contribution in [3.05, 3.63) is 48.3 Å². The van der Waals surface area contributed by atoms with E-state index in [1.54, 1.807) is 31.3 Å². The zero-order chi connectivity index (χ0) is 17.9. The van der Waals surface area contributed by atoms with Crippen LogP contribution in [-0.2, 0) is 0 Å². The summed E-state index contributed by atoms with van der Waals surface area (Å²) in [6, 6.07) is 10.00. The fourth-order valence-electron chi connectivity index (χ4n) is 3.76. The van der Waals surface area contributed by atoms with Crippen molar-refractivity contribution in [2.45, 2.75) is 28.7 Å². The highest BCUT2D eigenvalue weighted by Crippen LogP contribution is 2.30. The lowest BCUT2D eigenvalue weighted by molar-refractivity contribution is 0.0620. The second kappa shape index (κ2) is 7.68. The summed E-state index contributed by atoms with van der Waals surface area (Å²) in [6.07, 6.45) is 5.90. The van der Waals surface area contributed by atoms with E-state index >= 15 is 0 Å². The van der Waals surface area contributed by atoms with Gasteiger partial charge in [0.05, 0.1) is 13.3 Å². The molecule has 0 radical (unpaired) electrons. The Balaban J connectivity index is 1.38. The molecule has 26 heavy (non-hydrogen) atoms. The molecule has 3 saturated heterocycles. The molecular weight excluding hydrogens is 346 g/mol. The first-order valence-corrected chi connectivity index (χ1v) is 9.83. The molecule has 2 bridgehead atoms. The molecule has 5 nitrogen and oxygen atoms in total. The van der Waals surface area contributed by atoms with Crippen LogP contribution in [0.3, 0.4) is 0 Å². The zero-order valence-corrected chi connectivity index (χ0v) is 15.7. The highest BCUT2D eigenvalue weighted by atomic mass is 32.2. The van der Waals surface area contributed by atoms with Crippen molar-refractivity contribution in [3.63, 3.8) is 0 Å². The maximum atomic E-state index is 12.6. The summed E-state index contributed by atoms with van der Waals surface area (Å²) in [5, 5.41) is 3.24. The summed E-state index contributed by atoms with van der Waals surface area (Å²) >= 11 is 1.60. The molecule has 1 unspecified atom stereocenters. The van der Waals surface area contributed by atoms with Crippen molar-refractivity contribution in [1.82, 2.24) is 15.2 Å². The lowest BCUT2D eigenvalue weighted by atomic mass is 9.84. The number of hydrogen-bond donors (Lipinski definition) is 1. The molecule has 6 heteroatoms. The number of piperidine rings is 3. The number of rotatable bonds is 5. The molecule has 1 N–H and O–H groups in total. The minimum Gasteiger partial charge on any atom is -0.495 e. The molecule has 1 aromatic heterocycles. The molecule has 0 aliphatic carbocycles. The van der Waals surface area contributed by atoms with Gasteiger partial charge in [0.15, 0.2) is 0 Å². The van der Waals surface area contributed by atoms with E-state index in [1.165, 1.54) is 25.9 Å². The van der Waals surface area contributed by atoms with Crippen LogP contribution in [0.25, 0.3) is 0 Å².